The third-order valence-electron chi connectivity index (χ3n) is 2.85. The van der Waals surface area contributed by atoms with Gasteiger partial charge in [0.2, 0.25) is 5.91 Å². The molecule has 0 radical (unpaired) electrons. The first-order valence-electron chi connectivity index (χ1n) is 5.83. The van der Waals surface area contributed by atoms with Crippen molar-refractivity contribution in [3.63, 3.8) is 0 Å². The molecule has 1 aromatic carbocycles. The summed E-state index contributed by atoms with van der Waals surface area (Å²) >= 11 is 5.88. The summed E-state index contributed by atoms with van der Waals surface area (Å²) in [5, 5.41) is 6.07. The number of nitrogens with one attached hydrogen (secondary N) is 2. The molecule has 0 aromatic heterocycles. The average Bonchev–Trinajstić information content (AvgIpc) is 2.35. The summed E-state index contributed by atoms with van der Waals surface area (Å²) in [5.41, 5.74) is 5.55. The van der Waals surface area contributed by atoms with Gasteiger partial charge in [0.1, 0.15) is 0 Å². The van der Waals surface area contributed by atoms with Crippen molar-refractivity contribution in [1.82, 2.24) is 5.32 Å². The van der Waals surface area contributed by atoms with E-state index in [-0.39, 0.29) is 12.5 Å². The maximum Gasteiger partial charge on any atom is 0.253 e. The van der Waals surface area contributed by atoms with Crippen molar-refractivity contribution in [3.05, 3.63) is 28.8 Å². The quantitative estimate of drug-likeness (QED) is 0.768. The van der Waals surface area contributed by atoms with Crippen LogP contribution in [0.15, 0.2) is 18.2 Å². The van der Waals surface area contributed by atoms with E-state index in [4.69, 9.17) is 17.3 Å². The monoisotopic (exact) mass is 283 g/mol. The summed E-state index contributed by atoms with van der Waals surface area (Å²) in [6.45, 7) is 3.51. The summed E-state index contributed by atoms with van der Waals surface area (Å²) in [4.78, 5) is 23.3. The van der Waals surface area contributed by atoms with Gasteiger partial charge in [-0.3, -0.25) is 9.59 Å². The molecule has 104 valence electrons. The highest BCUT2D eigenvalue weighted by Gasteiger charge is 2.26. The van der Waals surface area contributed by atoms with Crippen molar-refractivity contribution in [3.8, 4) is 0 Å². The van der Waals surface area contributed by atoms with Gasteiger partial charge in [-0.25, -0.2) is 0 Å². The number of hydrogen-bond acceptors (Lipinski definition) is 3. The van der Waals surface area contributed by atoms with Gasteiger partial charge in [0.25, 0.3) is 5.91 Å². The fourth-order valence-electron chi connectivity index (χ4n) is 1.41. The van der Waals surface area contributed by atoms with Gasteiger partial charge in [-0.05, 0) is 32.0 Å². The molecule has 0 spiro atoms. The molecule has 0 bridgehead atoms. The van der Waals surface area contributed by atoms with Gasteiger partial charge in [0, 0.05) is 24.3 Å². The number of rotatable bonds is 5. The number of amides is 2. The van der Waals surface area contributed by atoms with Crippen LogP contribution in [-0.4, -0.2) is 25.4 Å². The zero-order chi connectivity index (χ0) is 14.6. The Balaban J connectivity index is 2.84. The highest BCUT2D eigenvalue weighted by atomic mass is 35.5. The first-order valence-corrected chi connectivity index (χ1v) is 6.21. The van der Waals surface area contributed by atoms with Gasteiger partial charge in [0.05, 0.1) is 11.0 Å². The van der Waals surface area contributed by atoms with Crippen LogP contribution >= 0.6 is 11.6 Å². The normalized spacial score (nSPS) is 10.9. The van der Waals surface area contributed by atoms with E-state index in [1.807, 2.05) is 0 Å². The molecule has 0 fully saturated rings. The van der Waals surface area contributed by atoms with E-state index in [0.29, 0.717) is 16.3 Å². The van der Waals surface area contributed by atoms with Crippen LogP contribution < -0.4 is 16.4 Å². The lowest BCUT2D eigenvalue weighted by Crippen LogP contribution is -2.42. The SMILES string of the molecule is CNc1ccc(Cl)cc1C(=O)NCC(C)(C)C(N)=O. The van der Waals surface area contributed by atoms with Crippen LogP contribution in [0.2, 0.25) is 5.02 Å². The molecule has 5 nitrogen and oxygen atoms in total. The van der Waals surface area contributed by atoms with Gasteiger partial charge in [-0.1, -0.05) is 11.6 Å². The van der Waals surface area contributed by atoms with Gasteiger partial charge < -0.3 is 16.4 Å². The molecule has 0 saturated carbocycles. The molecule has 0 heterocycles. The molecular weight excluding hydrogens is 266 g/mol. The molecule has 0 atom stereocenters. The Morgan fingerprint density at radius 2 is 2.00 bits per heavy atom. The zero-order valence-electron chi connectivity index (χ0n) is 11.2. The van der Waals surface area contributed by atoms with Crippen molar-refractivity contribution in [2.45, 2.75) is 13.8 Å². The Labute approximate surface area is 117 Å². The molecule has 6 heteroatoms. The highest BCUT2D eigenvalue weighted by molar-refractivity contribution is 6.31. The summed E-state index contributed by atoms with van der Waals surface area (Å²) in [5.74, 6) is -0.770. The van der Waals surface area contributed by atoms with Crippen molar-refractivity contribution < 1.29 is 9.59 Å². The maximum absolute atomic E-state index is 12.1. The molecule has 0 aliphatic carbocycles. The van der Waals surface area contributed by atoms with Gasteiger partial charge >= 0.3 is 0 Å². The van der Waals surface area contributed by atoms with E-state index in [1.54, 1.807) is 39.1 Å². The first kappa shape index (κ1) is 15.3. The Morgan fingerprint density at radius 1 is 1.37 bits per heavy atom. The topological polar surface area (TPSA) is 84.2 Å². The van der Waals surface area contributed by atoms with Gasteiger partial charge in [0.15, 0.2) is 0 Å². The summed E-state index contributed by atoms with van der Waals surface area (Å²) in [6.07, 6.45) is 0. The van der Waals surface area contributed by atoms with E-state index in [9.17, 15) is 9.59 Å². The number of anilines is 1. The zero-order valence-corrected chi connectivity index (χ0v) is 12.0. The largest absolute Gasteiger partial charge is 0.387 e. The predicted octanol–water partition coefficient (Wildman–Crippen LogP) is 1.62. The molecular formula is C13H18ClN3O2. The minimum atomic E-state index is -0.798. The van der Waals surface area contributed by atoms with Gasteiger partial charge in [-0.2, -0.15) is 0 Å². The number of nitrogens with two attached hydrogens (primary N) is 1. The Kier molecular flexibility index (Phi) is 4.78. The Morgan fingerprint density at radius 3 is 2.53 bits per heavy atom. The van der Waals surface area contributed by atoms with Gasteiger partial charge in [-0.15, -0.1) is 0 Å². The number of carbonyl (C=O) groups is 2. The number of carbonyl (C=O) groups excluding carboxylic acids is 2. The minimum Gasteiger partial charge on any atom is -0.387 e. The lowest BCUT2D eigenvalue weighted by Gasteiger charge is -2.21. The standard InChI is InChI=1S/C13H18ClN3O2/c1-13(2,12(15)19)7-17-11(18)9-6-8(14)4-5-10(9)16-3/h4-6,16H,7H2,1-3H3,(H2,15,19)(H,17,18). The summed E-state index contributed by atoms with van der Waals surface area (Å²) in [6, 6.07) is 4.98. The molecule has 2 amide bonds. The molecule has 4 N–H and O–H groups in total. The van der Waals surface area contributed by atoms with Crippen LogP contribution in [0.25, 0.3) is 0 Å². The second-order valence-electron chi connectivity index (χ2n) is 4.87. The smallest absolute Gasteiger partial charge is 0.253 e. The lowest BCUT2D eigenvalue weighted by atomic mass is 9.92. The number of benzene rings is 1. The number of hydrogen-bond donors (Lipinski definition) is 3. The molecule has 1 rings (SSSR count). The van der Waals surface area contributed by atoms with Crippen LogP contribution in [-0.2, 0) is 4.79 Å². The molecule has 0 unspecified atom stereocenters. The highest BCUT2D eigenvalue weighted by Crippen LogP contribution is 2.20. The lowest BCUT2D eigenvalue weighted by molar-refractivity contribution is -0.125. The molecule has 0 saturated heterocycles. The first-order chi connectivity index (χ1) is 8.77. The molecule has 19 heavy (non-hydrogen) atoms. The van der Waals surface area contributed by atoms with E-state index >= 15 is 0 Å². The van der Waals surface area contributed by atoms with Crippen LogP contribution in [0.5, 0.6) is 0 Å². The molecule has 1 aromatic rings. The average molecular weight is 284 g/mol. The van der Waals surface area contributed by atoms with Crippen LogP contribution in [0.3, 0.4) is 0 Å². The Hall–Kier alpha value is -1.75. The second-order valence-corrected chi connectivity index (χ2v) is 5.31. The maximum atomic E-state index is 12.1. The van der Waals surface area contributed by atoms with Crippen molar-refractivity contribution in [2.24, 2.45) is 11.1 Å². The van der Waals surface area contributed by atoms with Crippen LogP contribution in [0, 0.1) is 5.41 Å². The third kappa shape index (κ3) is 3.86. The summed E-state index contributed by atoms with van der Waals surface area (Å²) in [7, 11) is 1.72. The van der Waals surface area contributed by atoms with Crippen molar-refractivity contribution in [1.29, 1.82) is 0 Å². The van der Waals surface area contributed by atoms with Crippen molar-refractivity contribution in [2.75, 3.05) is 18.9 Å². The number of halogens is 1. The van der Waals surface area contributed by atoms with Crippen molar-refractivity contribution >= 4 is 29.1 Å². The fraction of sp³-hybridized carbons (Fsp3) is 0.385. The van der Waals surface area contributed by atoms with E-state index in [1.165, 1.54) is 0 Å². The fourth-order valence-corrected chi connectivity index (χ4v) is 1.58. The number of primary amides is 1. The minimum absolute atomic E-state index is 0.164. The second kappa shape index (κ2) is 5.93. The van der Waals surface area contributed by atoms with E-state index in [2.05, 4.69) is 10.6 Å². The third-order valence-corrected chi connectivity index (χ3v) is 3.09. The van der Waals surface area contributed by atoms with Crippen LogP contribution in [0.4, 0.5) is 5.69 Å². The predicted molar refractivity (Wildman–Crippen MR) is 76.3 cm³/mol. The van der Waals surface area contributed by atoms with E-state index < -0.39 is 11.3 Å². The molecule has 0 aliphatic heterocycles. The van der Waals surface area contributed by atoms with E-state index in [0.717, 1.165) is 0 Å². The molecule has 0 aliphatic rings. The van der Waals surface area contributed by atoms with Crippen LogP contribution in [0.1, 0.15) is 24.2 Å². The Bertz CT molecular complexity index is 501. The summed E-state index contributed by atoms with van der Waals surface area (Å²) < 4.78 is 0.